The number of halogens is 1. The number of anilines is 1. The predicted octanol–water partition coefficient (Wildman–Crippen LogP) is 2.92. The van der Waals surface area contributed by atoms with Crippen molar-refractivity contribution in [3.63, 3.8) is 0 Å². The summed E-state index contributed by atoms with van der Waals surface area (Å²) in [6.07, 6.45) is 2.65. The standard InChI is InChI=1S/C13H18INO2/c1-16-11-5-7-15(8-6-11)10-3-4-13(17-2)12(14)9-10/h3-4,9,11H,5-8H2,1-2H3. The molecule has 0 amide bonds. The lowest BCUT2D eigenvalue weighted by molar-refractivity contribution is 0.0819. The van der Waals surface area contributed by atoms with Crippen LogP contribution < -0.4 is 9.64 Å². The first-order valence-electron chi connectivity index (χ1n) is 5.86. The van der Waals surface area contributed by atoms with Gasteiger partial charge in [0, 0.05) is 25.9 Å². The second-order valence-electron chi connectivity index (χ2n) is 4.24. The normalized spacial score (nSPS) is 17.2. The summed E-state index contributed by atoms with van der Waals surface area (Å²) in [5.74, 6) is 0.945. The molecule has 1 aliphatic heterocycles. The molecule has 1 aliphatic rings. The van der Waals surface area contributed by atoms with E-state index >= 15 is 0 Å². The molecule has 0 aliphatic carbocycles. The van der Waals surface area contributed by atoms with Gasteiger partial charge in [-0.25, -0.2) is 0 Å². The molecule has 0 bridgehead atoms. The van der Waals surface area contributed by atoms with Crippen LogP contribution in [0.3, 0.4) is 0 Å². The maximum Gasteiger partial charge on any atom is 0.132 e. The van der Waals surface area contributed by atoms with Crippen molar-refractivity contribution in [2.75, 3.05) is 32.2 Å². The van der Waals surface area contributed by atoms with Crippen molar-refractivity contribution in [3.8, 4) is 5.75 Å². The third kappa shape index (κ3) is 3.04. The number of hydrogen-bond donors (Lipinski definition) is 0. The molecule has 0 N–H and O–H groups in total. The molecular formula is C13H18INO2. The molecule has 0 unspecified atom stereocenters. The molecule has 17 heavy (non-hydrogen) atoms. The van der Waals surface area contributed by atoms with Crippen molar-refractivity contribution in [3.05, 3.63) is 21.8 Å². The largest absolute Gasteiger partial charge is 0.496 e. The topological polar surface area (TPSA) is 21.7 Å². The van der Waals surface area contributed by atoms with Crippen molar-refractivity contribution in [2.45, 2.75) is 18.9 Å². The van der Waals surface area contributed by atoms with Crippen LogP contribution >= 0.6 is 22.6 Å². The zero-order valence-corrected chi connectivity index (χ0v) is 12.4. The van der Waals surface area contributed by atoms with Crippen LogP contribution in [0.4, 0.5) is 5.69 Å². The minimum Gasteiger partial charge on any atom is -0.496 e. The molecule has 1 heterocycles. The van der Waals surface area contributed by atoms with Crippen molar-refractivity contribution in [1.29, 1.82) is 0 Å². The summed E-state index contributed by atoms with van der Waals surface area (Å²) >= 11 is 2.32. The fourth-order valence-corrected chi connectivity index (χ4v) is 2.92. The highest BCUT2D eigenvalue weighted by Gasteiger charge is 2.19. The molecule has 0 radical (unpaired) electrons. The fourth-order valence-electron chi connectivity index (χ4n) is 2.20. The molecule has 0 atom stereocenters. The third-order valence-electron chi connectivity index (χ3n) is 3.28. The first-order chi connectivity index (χ1) is 8.24. The Hall–Kier alpha value is -0.490. The Morgan fingerprint density at radius 1 is 1.24 bits per heavy atom. The van der Waals surface area contributed by atoms with Crippen LogP contribution in [0.5, 0.6) is 5.75 Å². The number of benzene rings is 1. The van der Waals surface area contributed by atoms with Crippen LogP contribution in [0.1, 0.15) is 12.8 Å². The van der Waals surface area contributed by atoms with Crippen LogP contribution in [0.2, 0.25) is 0 Å². The number of piperidine rings is 1. The molecule has 94 valence electrons. The van der Waals surface area contributed by atoms with Gasteiger partial charge in [0.1, 0.15) is 5.75 Å². The first kappa shape index (κ1) is 13.0. The van der Waals surface area contributed by atoms with Gasteiger partial charge in [0.05, 0.1) is 16.8 Å². The lowest BCUT2D eigenvalue weighted by Gasteiger charge is -2.33. The highest BCUT2D eigenvalue weighted by atomic mass is 127. The molecule has 4 heteroatoms. The van der Waals surface area contributed by atoms with Gasteiger partial charge < -0.3 is 14.4 Å². The van der Waals surface area contributed by atoms with Gasteiger partial charge in [0.25, 0.3) is 0 Å². The van der Waals surface area contributed by atoms with E-state index < -0.39 is 0 Å². The van der Waals surface area contributed by atoms with E-state index in [2.05, 4.69) is 39.6 Å². The zero-order valence-electron chi connectivity index (χ0n) is 10.3. The lowest BCUT2D eigenvalue weighted by atomic mass is 10.1. The van der Waals surface area contributed by atoms with E-state index in [9.17, 15) is 0 Å². The van der Waals surface area contributed by atoms with Crippen LogP contribution in [0.25, 0.3) is 0 Å². The number of methoxy groups -OCH3 is 2. The van der Waals surface area contributed by atoms with Crippen molar-refractivity contribution < 1.29 is 9.47 Å². The van der Waals surface area contributed by atoms with Gasteiger partial charge in [0.2, 0.25) is 0 Å². The average Bonchev–Trinajstić information content (AvgIpc) is 2.39. The summed E-state index contributed by atoms with van der Waals surface area (Å²) in [6.45, 7) is 2.14. The monoisotopic (exact) mass is 347 g/mol. The molecule has 2 rings (SSSR count). The van der Waals surface area contributed by atoms with Gasteiger partial charge in [-0.15, -0.1) is 0 Å². The minimum atomic E-state index is 0.434. The number of hydrogen-bond acceptors (Lipinski definition) is 3. The highest BCUT2D eigenvalue weighted by Crippen LogP contribution is 2.28. The van der Waals surface area contributed by atoms with Crippen molar-refractivity contribution in [1.82, 2.24) is 0 Å². The predicted molar refractivity (Wildman–Crippen MR) is 78.0 cm³/mol. The second-order valence-corrected chi connectivity index (χ2v) is 5.40. The van der Waals surface area contributed by atoms with Crippen LogP contribution in [0, 0.1) is 3.57 Å². The van der Waals surface area contributed by atoms with E-state index in [1.165, 1.54) is 5.69 Å². The lowest BCUT2D eigenvalue weighted by Crippen LogP contribution is -2.36. The van der Waals surface area contributed by atoms with E-state index in [4.69, 9.17) is 9.47 Å². The molecule has 0 aromatic heterocycles. The number of rotatable bonds is 3. The molecule has 1 fully saturated rings. The Morgan fingerprint density at radius 2 is 1.94 bits per heavy atom. The Labute approximate surface area is 116 Å². The third-order valence-corrected chi connectivity index (χ3v) is 4.12. The molecule has 1 saturated heterocycles. The molecule has 1 aromatic carbocycles. The van der Waals surface area contributed by atoms with Gasteiger partial charge in [-0.1, -0.05) is 0 Å². The fraction of sp³-hybridized carbons (Fsp3) is 0.538. The van der Waals surface area contributed by atoms with E-state index in [1.54, 1.807) is 14.2 Å². The molecular weight excluding hydrogens is 329 g/mol. The zero-order chi connectivity index (χ0) is 12.3. The number of ether oxygens (including phenoxy) is 2. The maximum absolute atomic E-state index is 5.39. The van der Waals surface area contributed by atoms with E-state index in [0.717, 1.165) is 35.3 Å². The smallest absolute Gasteiger partial charge is 0.132 e. The molecule has 0 spiro atoms. The Morgan fingerprint density at radius 3 is 2.47 bits per heavy atom. The van der Waals surface area contributed by atoms with Crippen molar-refractivity contribution in [2.24, 2.45) is 0 Å². The Balaban J connectivity index is 2.06. The van der Waals surface area contributed by atoms with Crippen LogP contribution in [-0.4, -0.2) is 33.4 Å². The highest BCUT2D eigenvalue weighted by molar-refractivity contribution is 14.1. The van der Waals surface area contributed by atoms with Gasteiger partial charge in [-0.3, -0.25) is 0 Å². The second kappa shape index (κ2) is 5.91. The SMILES string of the molecule is COc1ccc(N2CCC(OC)CC2)cc1I. The number of nitrogens with zero attached hydrogens (tertiary/aromatic N) is 1. The summed E-state index contributed by atoms with van der Waals surface area (Å²) in [7, 11) is 3.51. The molecule has 1 aromatic rings. The van der Waals surface area contributed by atoms with Gasteiger partial charge >= 0.3 is 0 Å². The summed E-state index contributed by atoms with van der Waals surface area (Å²) in [5, 5.41) is 0. The van der Waals surface area contributed by atoms with E-state index in [0.29, 0.717) is 6.10 Å². The molecule has 3 nitrogen and oxygen atoms in total. The van der Waals surface area contributed by atoms with E-state index in [-0.39, 0.29) is 0 Å². The van der Waals surface area contributed by atoms with Gasteiger partial charge in [0.15, 0.2) is 0 Å². The first-order valence-corrected chi connectivity index (χ1v) is 6.93. The van der Waals surface area contributed by atoms with Crippen LogP contribution in [-0.2, 0) is 4.74 Å². The Kier molecular flexibility index (Phi) is 4.50. The summed E-state index contributed by atoms with van der Waals surface area (Å²) < 4.78 is 11.8. The quantitative estimate of drug-likeness (QED) is 0.785. The maximum atomic E-state index is 5.39. The summed E-state index contributed by atoms with van der Waals surface area (Å²) in [4.78, 5) is 2.41. The van der Waals surface area contributed by atoms with E-state index in [1.807, 2.05) is 6.07 Å². The summed E-state index contributed by atoms with van der Waals surface area (Å²) in [5.41, 5.74) is 1.28. The van der Waals surface area contributed by atoms with Gasteiger partial charge in [-0.2, -0.15) is 0 Å². The van der Waals surface area contributed by atoms with Gasteiger partial charge in [-0.05, 0) is 53.6 Å². The van der Waals surface area contributed by atoms with Crippen LogP contribution in [0.15, 0.2) is 18.2 Å². The average molecular weight is 347 g/mol. The Bertz CT molecular complexity index is 376. The summed E-state index contributed by atoms with van der Waals surface area (Å²) in [6, 6.07) is 6.36. The van der Waals surface area contributed by atoms with Crippen molar-refractivity contribution >= 4 is 28.3 Å². The minimum absolute atomic E-state index is 0.434. The molecule has 0 saturated carbocycles.